The van der Waals surface area contributed by atoms with Gasteiger partial charge in [0.1, 0.15) is 0 Å². The van der Waals surface area contributed by atoms with Crippen molar-refractivity contribution in [3.8, 4) is 0 Å². The van der Waals surface area contributed by atoms with Gasteiger partial charge in [0, 0.05) is 16.7 Å². The SMILES string of the molecule is [CH2]c1c(F)c(F)c(C/C=C/Cl)c(F)c1F. The molecule has 1 aromatic carbocycles. The quantitative estimate of drug-likeness (QED) is 0.543. The predicted molar refractivity (Wildman–Crippen MR) is 49.4 cm³/mol. The maximum absolute atomic E-state index is 13.1. The second kappa shape index (κ2) is 4.66. The molecule has 15 heavy (non-hydrogen) atoms. The Balaban J connectivity index is 3.38. The normalized spacial score (nSPS) is 11.3. The molecule has 0 heterocycles. The van der Waals surface area contributed by atoms with Crippen LogP contribution in [0.1, 0.15) is 11.1 Å². The van der Waals surface area contributed by atoms with Crippen LogP contribution in [0, 0.1) is 30.2 Å². The van der Waals surface area contributed by atoms with Crippen molar-refractivity contribution in [1.82, 2.24) is 0 Å². The van der Waals surface area contributed by atoms with Gasteiger partial charge in [0.15, 0.2) is 23.3 Å². The van der Waals surface area contributed by atoms with E-state index in [4.69, 9.17) is 11.6 Å². The molecule has 0 aliphatic rings. The van der Waals surface area contributed by atoms with Gasteiger partial charge < -0.3 is 0 Å². The molecule has 1 rings (SSSR count). The monoisotopic (exact) mass is 237 g/mol. The average Bonchev–Trinajstić information content (AvgIpc) is 2.24. The largest absolute Gasteiger partial charge is 0.203 e. The van der Waals surface area contributed by atoms with E-state index in [1.54, 1.807) is 0 Å². The Bertz CT molecular complexity index is 383. The van der Waals surface area contributed by atoms with Crippen LogP contribution in [0.3, 0.4) is 0 Å². The Morgan fingerprint density at radius 1 is 1.00 bits per heavy atom. The molecule has 0 amide bonds. The summed E-state index contributed by atoms with van der Waals surface area (Å²) in [4.78, 5) is 0. The van der Waals surface area contributed by atoms with E-state index >= 15 is 0 Å². The van der Waals surface area contributed by atoms with Gasteiger partial charge in [0.2, 0.25) is 0 Å². The zero-order valence-corrected chi connectivity index (χ0v) is 8.21. The van der Waals surface area contributed by atoms with Crippen molar-refractivity contribution in [2.75, 3.05) is 0 Å². The minimum atomic E-state index is -1.48. The van der Waals surface area contributed by atoms with Crippen LogP contribution in [-0.2, 0) is 6.42 Å². The fraction of sp³-hybridized carbons (Fsp3) is 0.100. The van der Waals surface area contributed by atoms with Gasteiger partial charge in [-0.2, -0.15) is 0 Å². The van der Waals surface area contributed by atoms with E-state index in [9.17, 15) is 17.6 Å². The maximum Gasteiger partial charge on any atom is 0.165 e. The van der Waals surface area contributed by atoms with Crippen LogP contribution in [0.2, 0.25) is 0 Å². The van der Waals surface area contributed by atoms with Crippen LogP contribution in [-0.4, -0.2) is 0 Å². The smallest absolute Gasteiger partial charge is 0.165 e. The number of rotatable bonds is 2. The highest BCUT2D eigenvalue weighted by Gasteiger charge is 2.21. The molecule has 1 radical (unpaired) electrons. The summed E-state index contributed by atoms with van der Waals surface area (Å²) in [6.45, 7) is 2.89. The standard InChI is InChI=1S/C10H6ClF4/c1-5-7(12)9(14)6(3-2-4-11)10(15)8(5)13/h2,4H,1,3H2/b4-2+. The first-order valence-electron chi connectivity index (χ1n) is 3.92. The first kappa shape index (κ1) is 12.0. The van der Waals surface area contributed by atoms with E-state index in [1.807, 2.05) is 0 Å². The van der Waals surface area contributed by atoms with Crippen molar-refractivity contribution in [2.45, 2.75) is 6.42 Å². The van der Waals surface area contributed by atoms with Crippen LogP contribution in [0.5, 0.6) is 0 Å². The lowest BCUT2D eigenvalue weighted by molar-refractivity contribution is 0.437. The third-order valence-corrected chi connectivity index (χ3v) is 2.03. The molecule has 0 fully saturated rings. The van der Waals surface area contributed by atoms with Crippen LogP contribution >= 0.6 is 11.6 Å². The van der Waals surface area contributed by atoms with Crippen molar-refractivity contribution >= 4 is 11.6 Å². The first-order valence-corrected chi connectivity index (χ1v) is 4.36. The van der Waals surface area contributed by atoms with Crippen molar-refractivity contribution in [3.05, 3.63) is 52.9 Å². The average molecular weight is 238 g/mol. The molecule has 0 saturated carbocycles. The van der Waals surface area contributed by atoms with Gasteiger partial charge in [-0.1, -0.05) is 17.7 Å². The van der Waals surface area contributed by atoms with Crippen molar-refractivity contribution < 1.29 is 17.6 Å². The number of benzene rings is 1. The van der Waals surface area contributed by atoms with Crippen LogP contribution in [0.25, 0.3) is 0 Å². The van der Waals surface area contributed by atoms with Gasteiger partial charge in [-0.3, -0.25) is 0 Å². The second-order valence-corrected chi connectivity index (χ2v) is 3.03. The molecule has 1 aromatic rings. The zero-order valence-electron chi connectivity index (χ0n) is 7.46. The number of hydrogen-bond acceptors (Lipinski definition) is 0. The Morgan fingerprint density at radius 3 is 1.87 bits per heavy atom. The summed E-state index contributed by atoms with van der Waals surface area (Å²) in [5.41, 5.74) is -0.606. The summed E-state index contributed by atoms with van der Waals surface area (Å²) >= 11 is 5.14. The highest BCUT2D eigenvalue weighted by Crippen LogP contribution is 2.23. The molecular weight excluding hydrogens is 232 g/mol. The molecule has 5 heteroatoms. The van der Waals surface area contributed by atoms with Gasteiger partial charge in [-0.15, -0.1) is 0 Å². The minimum Gasteiger partial charge on any atom is -0.203 e. The lowest BCUT2D eigenvalue weighted by Gasteiger charge is -2.07. The number of halogens is 5. The lowest BCUT2D eigenvalue weighted by Crippen LogP contribution is -2.05. The van der Waals surface area contributed by atoms with Gasteiger partial charge >= 0.3 is 0 Å². The van der Waals surface area contributed by atoms with E-state index in [2.05, 4.69) is 6.92 Å². The molecule has 0 bridgehead atoms. The second-order valence-electron chi connectivity index (χ2n) is 2.78. The summed E-state index contributed by atoms with van der Waals surface area (Å²) in [6, 6.07) is 0. The van der Waals surface area contributed by atoms with E-state index in [0.717, 1.165) is 5.54 Å². The molecular formula is C10H6ClF4. The Kier molecular flexibility index (Phi) is 3.74. The molecule has 0 spiro atoms. The van der Waals surface area contributed by atoms with Crippen molar-refractivity contribution in [1.29, 1.82) is 0 Å². The Hall–Kier alpha value is -1.03. The summed E-state index contributed by atoms with van der Waals surface area (Å²) in [5.74, 6) is -5.83. The Morgan fingerprint density at radius 2 is 1.47 bits per heavy atom. The van der Waals surface area contributed by atoms with Gasteiger partial charge in [-0.25, -0.2) is 17.6 Å². The van der Waals surface area contributed by atoms with Crippen LogP contribution in [0.15, 0.2) is 11.6 Å². The van der Waals surface area contributed by atoms with Crippen molar-refractivity contribution in [2.24, 2.45) is 0 Å². The number of hydrogen-bond donors (Lipinski definition) is 0. The topological polar surface area (TPSA) is 0 Å². The highest BCUT2D eigenvalue weighted by atomic mass is 35.5. The molecule has 0 aromatic heterocycles. The fourth-order valence-electron chi connectivity index (χ4n) is 1.06. The lowest BCUT2D eigenvalue weighted by atomic mass is 10.1. The van der Waals surface area contributed by atoms with Gasteiger partial charge in [0.05, 0.1) is 0 Å². The summed E-state index contributed by atoms with van der Waals surface area (Å²) in [5, 5.41) is 0. The van der Waals surface area contributed by atoms with Gasteiger partial charge in [-0.05, 0) is 13.3 Å². The molecule has 0 N–H and O–H groups in total. The van der Waals surface area contributed by atoms with Crippen molar-refractivity contribution in [3.63, 3.8) is 0 Å². The van der Waals surface area contributed by atoms with Gasteiger partial charge in [0.25, 0.3) is 0 Å². The molecule has 0 aliphatic heterocycles. The molecule has 0 nitrogen and oxygen atoms in total. The molecule has 0 unspecified atom stereocenters. The summed E-state index contributed by atoms with van der Waals surface area (Å²) < 4.78 is 52.2. The van der Waals surface area contributed by atoms with Crippen LogP contribution in [0.4, 0.5) is 17.6 Å². The molecule has 0 aliphatic carbocycles. The summed E-state index contributed by atoms with van der Waals surface area (Å²) in [6.07, 6.45) is 0.847. The molecule has 81 valence electrons. The molecule has 0 atom stereocenters. The van der Waals surface area contributed by atoms with E-state index in [0.29, 0.717) is 0 Å². The first-order chi connectivity index (χ1) is 7.00. The van der Waals surface area contributed by atoms with Crippen LogP contribution < -0.4 is 0 Å². The number of allylic oxidation sites excluding steroid dienone is 1. The summed E-state index contributed by atoms with van der Waals surface area (Å²) in [7, 11) is 0. The molecule has 0 saturated heterocycles. The zero-order chi connectivity index (χ0) is 11.6. The highest BCUT2D eigenvalue weighted by molar-refractivity contribution is 6.25. The third kappa shape index (κ3) is 2.15. The van der Waals surface area contributed by atoms with E-state index in [-0.39, 0.29) is 6.42 Å². The third-order valence-electron chi connectivity index (χ3n) is 1.86. The van der Waals surface area contributed by atoms with E-state index in [1.165, 1.54) is 6.08 Å². The van der Waals surface area contributed by atoms with E-state index < -0.39 is 34.4 Å². The predicted octanol–water partition coefficient (Wildman–Crippen LogP) is 3.72. The fourth-order valence-corrected chi connectivity index (χ4v) is 1.15. The minimum absolute atomic E-state index is 0.324. The Labute approximate surface area is 89.2 Å². The maximum atomic E-state index is 13.1.